The minimum Gasteiger partial charge on any atom is -0.324 e. The number of halogens is 2. The first-order valence-electron chi connectivity index (χ1n) is 5.90. The van der Waals surface area contributed by atoms with E-state index in [4.69, 9.17) is 23.2 Å². The fourth-order valence-corrected chi connectivity index (χ4v) is 3.56. The Kier molecular flexibility index (Phi) is 5.28. The van der Waals surface area contributed by atoms with E-state index in [1.54, 1.807) is 17.5 Å². The second-order valence-corrected chi connectivity index (χ2v) is 7.82. The van der Waals surface area contributed by atoms with Crippen LogP contribution >= 0.6 is 34.5 Å². The number of hydrogen-bond donors (Lipinski definition) is 2. The van der Waals surface area contributed by atoms with Crippen molar-refractivity contribution in [2.75, 3.05) is 16.3 Å². The minimum absolute atomic E-state index is 0.000890. The van der Waals surface area contributed by atoms with Crippen molar-refractivity contribution in [1.29, 1.82) is 0 Å². The lowest BCUT2D eigenvalue weighted by atomic mass is 10.3. The molecule has 0 aliphatic carbocycles. The van der Waals surface area contributed by atoms with Crippen LogP contribution in [0.2, 0.25) is 10.0 Å². The first kappa shape index (κ1) is 17.0. The molecule has 0 atom stereocenters. The third kappa shape index (κ3) is 5.13. The smallest absolute Gasteiger partial charge is 0.231 e. The first-order valence-corrected chi connectivity index (χ1v) is 9.43. The Morgan fingerprint density at radius 1 is 1.36 bits per heavy atom. The van der Waals surface area contributed by atoms with Gasteiger partial charge >= 0.3 is 0 Å². The van der Waals surface area contributed by atoms with Crippen LogP contribution in [-0.2, 0) is 21.2 Å². The molecule has 0 spiro atoms. The van der Waals surface area contributed by atoms with Crippen molar-refractivity contribution >= 4 is 61.3 Å². The van der Waals surface area contributed by atoms with E-state index in [-0.39, 0.29) is 17.5 Å². The highest BCUT2D eigenvalue weighted by molar-refractivity contribution is 7.92. The van der Waals surface area contributed by atoms with Gasteiger partial charge in [-0.1, -0.05) is 23.2 Å². The summed E-state index contributed by atoms with van der Waals surface area (Å²) < 4.78 is 24.4. The van der Waals surface area contributed by atoms with Gasteiger partial charge in [-0.25, -0.2) is 13.4 Å². The number of aromatic nitrogens is 1. The van der Waals surface area contributed by atoms with Gasteiger partial charge in [-0.05, 0) is 18.2 Å². The lowest BCUT2D eigenvalue weighted by molar-refractivity contribution is -0.115. The first-order chi connectivity index (χ1) is 10.2. The third-order valence-electron chi connectivity index (χ3n) is 2.37. The van der Waals surface area contributed by atoms with E-state index in [0.717, 1.165) is 17.6 Å². The summed E-state index contributed by atoms with van der Waals surface area (Å²) in [5.74, 6) is -0.319. The van der Waals surface area contributed by atoms with Crippen molar-refractivity contribution in [3.8, 4) is 0 Å². The summed E-state index contributed by atoms with van der Waals surface area (Å²) in [6, 6.07) is 4.73. The predicted octanol–water partition coefficient (Wildman–Crippen LogP) is 3.00. The van der Waals surface area contributed by atoms with E-state index in [1.807, 2.05) is 0 Å². The molecule has 0 aliphatic heterocycles. The Bertz CT molecular complexity index is 806. The molecule has 10 heteroatoms. The molecule has 1 aromatic carbocycles. The molecule has 2 aromatic rings. The molecule has 0 bridgehead atoms. The molecular weight excluding hydrogens is 369 g/mol. The van der Waals surface area contributed by atoms with Gasteiger partial charge in [0.1, 0.15) is 0 Å². The summed E-state index contributed by atoms with van der Waals surface area (Å²) in [5, 5.41) is 5.27. The van der Waals surface area contributed by atoms with Crippen molar-refractivity contribution < 1.29 is 13.2 Å². The molecule has 2 N–H and O–H groups in total. The molecule has 1 heterocycles. The van der Waals surface area contributed by atoms with Gasteiger partial charge in [-0.15, -0.1) is 11.3 Å². The van der Waals surface area contributed by atoms with Gasteiger partial charge in [0.25, 0.3) is 0 Å². The number of nitrogens with zero attached hydrogens (tertiary/aromatic N) is 1. The topological polar surface area (TPSA) is 88.2 Å². The second-order valence-electron chi connectivity index (χ2n) is 4.37. The van der Waals surface area contributed by atoms with Gasteiger partial charge in [0.2, 0.25) is 15.9 Å². The molecule has 1 amide bonds. The number of carbonyl (C=O) groups is 1. The van der Waals surface area contributed by atoms with E-state index >= 15 is 0 Å². The van der Waals surface area contributed by atoms with E-state index in [1.165, 1.54) is 6.07 Å². The highest BCUT2D eigenvalue weighted by Gasteiger charge is 2.11. The molecule has 0 radical (unpaired) electrons. The van der Waals surface area contributed by atoms with Crippen LogP contribution < -0.4 is 10.0 Å². The van der Waals surface area contributed by atoms with Crippen molar-refractivity contribution in [1.82, 2.24) is 4.98 Å². The Balaban J connectivity index is 2.00. The molecule has 1 aromatic heterocycles. The SMILES string of the molecule is CS(=O)(=O)Nc1nc(CC(=O)Nc2ccc(Cl)cc2Cl)cs1. The number of thiazole rings is 1. The summed E-state index contributed by atoms with van der Waals surface area (Å²) in [4.78, 5) is 16.0. The lowest BCUT2D eigenvalue weighted by Gasteiger charge is -2.06. The van der Waals surface area contributed by atoms with Gasteiger partial charge in [0, 0.05) is 10.4 Å². The summed E-state index contributed by atoms with van der Waals surface area (Å²) in [6.45, 7) is 0. The molecule has 0 saturated heterocycles. The molecule has 0 saturated carbocycles. The number of nitrogens with one attached hydrogen (secondary N) is 2. The fourth-order valence-electron chi connectivity index (χ4n) is 1.54. The third-order valence-corrected chi connectivity index (χ3v) is 4.42. The zero-order valence-corrected chi connectivity index (χ0v) is 14.4. The Hall–Kier alpha value is -1.35. The highest BCUT2D eigenvalue weighted by Crippen LogP contribution is 2.25. The van der Waals surface area contributed by atoms with Crippen LogP contribution in [0.4, 0.5) is 10.8 Å². The molecule has 2 rings (SSSR count). The van der Waals surface area contributed by atoms with Crippen molar-refractivity contribution in [3.63, 3.8) is 0 Å². The van der Waals surface area contributed by atoms with Crippen molar-refractivity contribution in [2.24, 2.45) is 0 Å². The van der Waals surface area contributed by atoms with Crippen LogP contribution in [0.1, 0.15) is 5.69 Å². The average Bonchev–Trinajstić information content (AvgIpc) is 2.77. The zero-order valence-electron chi connectivity index (χ0n) is 11.3. The Morgan fingerprint density at radius 2 is 2.09 bits per heavy atom. The van der Waals surface area contributed by atoms with E-state index in [9.17, 15) is 13.2 Å². The predicted molar refractivity (Wildman–Crippen MR) is 89.4 cm³/mol. The molecule has 22 heavy (non-hydrogen) atoms. The summed E-state index contributed by atoms with van der Waals surface area (Å²) >= 11 is 12.8. The van der Waals surface area contributed by atoms with Crippen molar-refractivity contribution in [2.45, 2.75) is 6.42 Å². The standard InChI is InChI=1S/C12H11Cl2N3O3S2/c1-22(19,20)17-12-15-8(6-21-12)5-11(18)16-10-3-2-7(13)4-9(10)14/h2-4,6H,5H2,1H3,(H,15,17)(H,16,18). The zero-order chi connectivity index (χ0) is 16.3. The second kappa shape index (κ2) is 6.82. The van der Waals surface area contributed by atoms with E-state index in [0.29, 0.717) is 21.4 Å². The number of hydrogen-bond acceptors (Lipinski definition) is 5. The Morgan fingerprint density at radius 3 is 2.73 bits per heavy atom. The van der Waals surface area contributed by atoms with Crippen LogP contribution in [-0.4, -0.2) is 25.6 Å². The van der Waals surface area contributed by atoms with E-state index in [2.05, 4.69) is 15.0 Å². The normalized spacial score (nSPS) is 11.2. The van der Waals surface area contributed by atoms with Gasteiger partial charge in [-0.3, -0.25) is 9.52 Å². The van der Waals surface area contributed by atoms with Gasteiger partial charge < -0.3 is 5.32 Å². The number of sulfonamides is 1. The minimum atomic E-state index is -3.38. The highest BCUT2D eigenvalue weighted by atomic mass is 35.5. The van der Waals surface area contributed by atoms with Gasteiger partial charge in [0.05, 0.1) is 29.1 Å². The van der Waals surface area contributed by atoms with Gasteiger partial charge in [-0.2, -0.15) is 0 Å². The number of anilines is 2. The summed E-state index contributed by atoms with van der Waals surface area (Å²) in [7, 11) is -3.38. The van der Waals surface area contributed by atoms with Crippen LogP contribution in [0.15, 0.2) is 23.6 Å². The molecule has 118 valence electrons. The molecule has 0 aliphatic rings. The maximum atomic E-state index is 11.9. The number of rotatable bonds is 5. The van der Waals surface area contributed by atoms with Crippen molar-refractivity contribution in [3.05, 3.63) is 39.3 Å². The van der Waals surface area contributed by atoms with Crippen LogP contribution in [0.5, 0.6) is 0 Å². The number of benzene rings is 1. The maximum Gasteiger partial charge on any atom is 0.231 e. The number of amides is 1. The monoisotopic (exact) mass is 379 g/mol. The summed E-state index contributed by atoms with van der Waals surface area (Å²) in [6.07, 6.45) is 1.03. The van der Waals surface area contributed by atoms with Gasteiger partial charge in [0.15, 0.2) is 5.13 Å². The quantitative estimate of drug-likeness (QED) is 0.835. The lowest BCUT2D eigenvalue weighted by Crippen LogP contribution is -2.15. The van der Waals surface area contributed by atoms with Crippen LogP contribution in [0, 0.1) is 0 Å². The largest absolute Gasteiger partial charge is 0.324 e. The molecule has 0 fully saturated rings. The molecule has 6 nitrogen and oxygen atoms in total. The van der Waals surface area contributed by atoms with Crippen LogP contribution in [0.25, 0.3) is 0 Å². The fraction of sp³-hybridized carbons (Fsp3) is 0.167. The maximum absolute atomic E-state index is 11.9. The Labute approximate surface area is 141 Å². The summed E-state index contributed by atoms with van der Waals surface area (Å²) in [5.41, 5.74) is 0.902. The molecular formula is C12H11Cl2N3O3S2. The number of carbonyl (C=O) groups excluding carboxylic acids is 1. The molecule has 0 unspecified atom stereocenters. The average molecular weight is 380 g/mol. The van der Waals surface area contributed by atoms with Crippen LogP contribution in [0.3, 0.4) is 0 Å². The van der Waals surface area contributed by atoms with E-state index < -0.39 is 10.0 Å².